The van der Waals surface area contributed by atoms with E-state index in [0.29, 0.717) is 0 Å². The monoisotopic (exact) mass is 215 g/mol. The van der Waals surface area contributed by atoms with Gasteiger partial charge in [-0.25, -0.2) is 8.78 Å². The molecule has 2 N–H and O–H groups in total. The van der Waals surface area contributed by atoms with Gasteiger partial charge in [0.2, 0.25) is 0 Å². The number of aliphatic hydroxyl groups is 1. The zero-order valence-electron chi connectivity index (χ0n) is 8.63. The van der Waals surface area contributed by atoms with Gasteiger partial charge in [0.05, 0.1) is 6.10 Å². The predicted molar refractivity (Wildman–Crippen MR) is 54.5 cm³/mol. The van der Waals surface area contributed by atoms with E-state index < -0.39 is 17.7 Å². The number of hydrogen-bond acceptors (Lipinski definition) is 2. The van der Waals surface area contributed by atoms with Gasteiger partial charge in [-0.15, -0.1) is 0 Å². The second-order valence-corrected chi connectivity index (χ2v) is 3.36. The fourth-order valence-electron chi connectivity index (χ4n) is 1.30. The normalized spacial score (nSPS) is 12.8. The number of hydrogen-bond donors (Lipinski definition) is 2. The minimum atomic E-state index is -1.01. The van der Waals surface area contributed by atoms with Crippen molar-refractivity contribution in [2.24, 2.45) is 0 Å². The smallest absolute Gasteiger partial charge is 0.164 e. The van der Waals surface area contributed by atoms with Crippen molar-refractivity contribution in [3.8, 4) is 0 Å². The van der Waals surface area contributed by atoms with E-state index in [4.69, 9.17) is 0 Å². The summed E-state index contributed by atoms with van der Waals surface area (Å²) in [6.07, 6.45) is -0.0783. The first kappa shape index (κ1) is 12.1. The lowest BCUT2D eigenvalue weighted by molar-refractivity contribution is 0.169. The largest absolute Gasteiger partial charge is 0.387 e. The van der Waals surface area contributed by atoms with Crippen LogP contribution in [0.2, 0.25) is 0 Å². The van der Waals surface area contributed by atoms with Crippen molar-refractivity contribution in [3.05, 3.63) is 35.4 Å². The molecular formula is C11H15F2NO. The Bertz CT molecular complexity index is 317. The van der Waals surface area contributed by atoms with Crippen molar-refractivity contribution >= 4 is 0 Å². The van der Waals surface area contributed by atoms with Crippen molar-refractivity contribution in [3.63, 3.8) is 0 Å². The Morgan fingerprint density at radius 1 is 1.40 bits per heavy atom. The van der Waals surface area contributed by atoms with Crippen LogP contribution in [0.5, 0.6) is 0 Å². The molecule has 0 aliphatic heterocycles. The maximum Gasteiger partial charge on any atom is 0.164 e. The van der Waals surface area contributed by atoms with E-state index in [0.717, 1.165) is 19.0 Å². The summed E-state index contributed by atoms with van der Waals surface area (Å²) in [6.45, 7) is 2.96. The third-order valence-corrected chi connectivity index (χ3v) is 2.10. The Morgan fingerprint density at radius 3 is 2.80 bits per heavy atom. The highest BCUT2D eigenvalue weighted by Crippen LogP contribution is 2.18. The molecule has 0 aliphatic carbocycles. The molecule has 0 amide bonds. The van der Waals surface area contributed by atoms with Crippen LogP contribution in [0.25, 0.3) is 0 Å². The van der Waals surface area contributed by atoms with Crippen molar-refractivity contribution in [2.45, 2.75) is 19.4 Å². The van der Waals surface area contributed by atoms with E-state index in [-0.39, 0.29) is 12.1 Å². The second kappa shape index (κ2) is 5.78. The van der Waals surface area contributed by atoms with E-state index in [1.165, 1.54) is 12.1 Å². The van der Waals surface area contributed by atoms with Crippen LogP contribution in [0, 0.1) is 11.6 Å². The SMILES string of the molecule is CCCNCC(O)c1cccc(F)c1F. The van der Waals surface area contributed by atoms with Gasteiger partial charge in [0.15, 0.2) is 11.6 Å². The van der Waals surface area contributed by atoms with E-state index in [2.05, 4.69) is 5.32 Å². The Labute approximate surface area is 87.9 Å². The van der Waals surface area contributed by atoms with Crippen molar-refractivity contribution in [1.29, 1.82) is 0 Å². The summed E-state index contributed by atoms with van der Waals surface area (Å²) in [5.41, 5.74) is -0.00129. The molecule has 1 atom stereocenters. The van der Waals surface area contributed by atoms with E-state index >= 15 is 0 Å². The lowest BCUT2D eigenvalue weighted by atomic mass is 10.1. The number of nitrogens with one attached hydrogen (secondary N) is 1. The summed E-state index contributed by atoms with van der Waals surface area (Å²) >= 11 is 0. The summed E-state index contributed by atoms with van der Waals surface area (Å²) < 4.78 is 26.0. The second-order valence-electron chi connectivity index (χ2n) is 3.36. The maximum atomic E-state index is 13.2. The van der Waals surface area contributed by atoms with Gasteiger partial charge in [0, 0.05) is 12.1 Å². The zero-order chi connectivity index (χ0) is 11.3. The molecule has 1 rings (SSSR count). The third kappa shape index (κ3) is 3.25. The van der Waals surface area contributed by atoms with Crippen molar-refractivity contribution < 1.29 is 13.9 Å². The average molecular weight is 215 g/mol. The first-order chi connectivity index (χ1) is 7.16. The minimum absolute atomic E-state index is 0.00129. The number of aliphatic hydroxyl groups excluding tert-OH is 1. The molecule has 0 bridgehead atoms. The highest BCUT2D eigenvalue weighted by Gasteiger charge is 2.14. The summed E-state index contributed by atoms with van der Waals surface area (Å²) in [6, 6.07) is 3.80. The highest BCUT2D eigenvalue weighted by molar-refractivity contribution is 5.21. The molecular weight excluding hydrogens is 200 g/mol. The van der Waals surface area contributed by atoms with Gasteiger partial charge in [0.1, 0.15) is 0 Å². The van der Waals surface area contributed by atoms with Crippen LogP contribution < -0.4 is 5.32 Å². The van der Waals surface area contributed by atoms with Crippen LogP contribution in [0.1, 0.15) is 25.0 Å². The fourth-order valence-corrected chi connectivity index (χ4v) is 1.30. The summed E-state index contributed by atoms with van der Waals surface area (Å²) in [5.74, 6) is -1.90. The third-order valence-electron chi connectivity index (χ3n) is 2.10. The van der Waals surface area contributed by atoms with Crippen LogP contribution in [0.3, 0.4) is 0 Å². The molecule has 84 valence electrons. The topological polar surface area (TPSA) is 32.3 Å². The van der Waals surface area contributed by atoms with Crippen LogP contribution >= 0.6 is 0 Å². The van der Waals surface area contributed by atoms with Crippen LogP contribution in [0.4, 0.5) is 8.78 Å². The van der Waals surface area contributed by atoms with Gasteiger partial charge in [-0.3, -0.25) is 0 Å². The van der Waals surface area contributed by atoms with E-state index in [9.17, 15) is 13.9 Å². The molecule has 4 heteroatoms. The summed E-state index contributed by atoms with van der Waals surface area (Å²) in [5, 5.41) is 12.5. The molecule has 0 heterocycles. The summed E-state index contributed by atoms with van der Waals surface area (Å²) in [4.78, 5) is 0. The number of benzene rings is 1. The van der Waals surface area contributed by atoms with Gasteiger partial charge in [-0.05, 0) is 19.0 Å². The molecule has 0 aliphatic rings. The molecule has 0 saturated heterocycles. The zero-order valence-corrected chi connectivity index (χ0v) is 8.63. The number of halogens is 2. The lowest BCUT2D eigenvalue weighted by Crippen LogP contribution is -2.22. The Balaban J connectivity index is 2.65. The molecule has 0 saturated carbocycles. The first-order valence-corrected chi connectivity index (χ1v) is 4.99. The van der Waals surface area contributed by atoms with Crippen molar-refractivity contribution in [1.82, 2.24) is 5.32 Å². The van der Waals surface area contributed by atoms with Crippen LogP contribution in [-0.2, 0) is 0 Å². The quantitative estimate of drug-likeness (QED) is 0.736. The Hall–Kier alpha value is -1.00. The highest BCUT2D eigenvalue weighted by atomic mass is 19.2. The number of rotatable bonds is 5. The van der Waals surface area contributed by atoms with E-state index in [1.54, 1.807) is 0 Å². The van der Waals surface area contributed by atoms with Gasteiger partial charge in [-0.1, -0.05) is 19.1 Å². The first-order valence-electron chi connectivity index (χ1n) is 4.99. The molecule has 1 unspecified atom stereocenters. The maximum absolute atomic E-state index is 13.2. The lowest BCUT2D eigenvalue weighted by Gasteiger charge is -2.12. The van der Waals surface area contributed by atoms with E-state index in [1.807, 2.05) is 6.92 Å². The standard InChI is InChI=1S/C11H15F2NO/c1-2-6-14-7-10(15)8-4-3-5-9(12)11(8)13/h3-5,10,14-15H,2,6-7H2,1H3. The average Bonchev–Trinajstić information content (AvgIpc) is 2.22. The van der Waals surface area contributed by atoms with Crippen LogP contribution in [0.15, 0.2) is 18.2 Å². The van der Waals surface area contributed by atoms with Crippen LogP contribution in [-0.4, -0.2) is 18.2 Å². The molecule has 15 heavy (non-hydrogen) atoms. The van der Waals surface area contributed by atoms with Gasteiger partial charge in [-0.2, -0.15) is 0 Å². The molecule has 0 spiro atoms. The Kier molecular flexibility index (Phi) is 4.65. The molecule has 1 aromatic carbocycles. The summed E-state index contributed by atoms with van der Waals surface area (Å²) in [7, 11) is 0. The Morgan fingerprint density at radius 2 is 2.13 bits per heavy atom. The van der Waals surface area contributed by atoms with Gasteiger partial charge >= 0.3 is 0 Å². The molecule has 2 nitrogen and oxygen atoms in total. The van der Waals surface area contributed by atoms with Gasteiger partial charge in [0.25, 0.3) is 0 Å². The fraction of sp³-hybridized carbons (Fsp3) is 0.455. The van der Waals surface area contributed by atoms with Gasteiger partial charge < -0.3 is 10.4 Å². The minimum Gasteiger partial charge on any atom is -0.387 e. The molecule has 0 fully saturated rings. The molecule has 0 radical (unpaired) electrons. The molecule has 0 aromatic heterocycles. The predicted octanol–water partition coefficient (Wildman–Crippen LogP) is 2.00. The van der Waals surface area contributed by atoms with Crippen molar-refractivity contribution in [2.75, 3.05) is 13.1 Å². The molecule has 1 aromatic rings.